The molecule has 0 saturated carbocycles. The maximum atomic E-state index is 11.6. The molecule has 4 N–H and O–H groups in total. The zero-order chi connectivity index (χ0) is 17.1. The predicted octanol–water partition coefficient (Wildman–Crippen LogP) is -0.377. The number of benzene rings is 1. The average Bonchev–Trinajstić information content (AvgIpc) is 2.26. The maximum absolute atomic E-state index is 11.6. The lowest BCUT2D eigenvalue weighted by atomic mass is 10.2. The first kappa shape index (κ1) is 18.1. The fourth-order valence-electron chi connectivity index (χ4n) is 1.56. The second-order valence-corrected chi connectivity index (χ2v) is 7.84. The van der Waals surface area contributed by atoms with E-state index in [9.17, 15) is 26.4 Å². The molecule has 122 valence electrons. The van der Waals surface area contributed by atoms with Crippen LogP contribution in [0.3, 0.4) is 0 Å². The second-order valence-electron chi connectivity index (χ2n) is 4.56. The molecule has 0 radical (unpaired) electrons. The van der Waals surface area contributed by atoms with Gasteiger partial charge < -0.3 is 5.32 Å². The van der Waals surface area contributed by atoms with Gasteiger partial charge in [0.05, 0.1) is 18.4 Å². The van der Waals surface area contributed by atoms with Gasteiger partial charge in [-0.1, -0.05) is 0 Å². The van der Waals surface area contributed by atoms with Crippen molar-refractivity contribution in [3.63, 3.8) is 0 Å². The van der Waals surface area contributed by atoms with Crippen LogP contribution in [0.4, 0.5) is 11.4 Å². The number of carbonyl (C=O) groups is 2. The number of Topliss-reactive ketones (excluding diaryl/α,β-unsaturated/α-hetero) is 1. The summed E-state index contributed by atoms with van der Waals surface area (Å²) in [6, 6.07) is 3.39. The van der Waals surface area contributed by atoms with E-state index in [1.54, 1.807) is 0 Å². The zero-order valence-corrected chi connectivity index (χ0v) is 13.4. The molecule has 0 aliphatic carbocycles. The summed E-state index contributed by atoms with van der Waals surface area (Å²) in [5.41, 5.74) is -0.177. The molecular formula is C11H15N3O6S2. The Morgan fingerprint density at radius 2 is 1.77 bits per heavy atom. The van der Waals surface area contributed by atoms with Crippen molar-refractivity contribution in [2.45, 2.75) is 18.2 Å². The normalized spacial score (nSPS) is 11.8. The lowest BCUT2D eigenvalue weighted by Gasteiger charge is -2.12. The van der Waals surface area contributed by atoms with Crippen LogP contribution < -0.4 is 15.2 Å². The van der Waals surface area contributed by atoms with Gasteiger partial charge in [-0.3, -0.25) is 14.3 Å². The molecule has 0 atom stereocenters. The van der Waals surface area contributed by atoms with Gasteiger partial charge in [-0.25, -0.2) is 22.0 Å². The van der Waals surface area contributed by atoms with Crippen LogP contribution in [0.15, 0.2) is 23.1 Å². The summed E-state index contributed by atoms with van der Waals surface area (Å²) in [6.07, 6.45) is 0.472. The van der Waals surface area contributed by atoms with Crippen LogP contribution in [0.2, 0.25) is 0 Å². The topological polar surface area (TPSA) is 152 Å². The summed E-state index contributed by atoms with van der Waals surface area (Å²) in [4.78, 5) is 21.9. The smallest absolute Gasteiger partial charge is 0.240 e. The van der Waals surface area contributed by atoms with Gasteiger partial charge in [-0.05, 0) is 25.1 Å². The molecule has 0 aliphatic rings. The Kier molecular flexibility index (Phi) is 5.27. The number of anilines is 2. The van der Waals surface area contributed by atoms with Crippen molar-refractivity contribution in [1.29, 1.82) is 0 Å². The van der Waals surface area contributed by atoms with Gasteiger partial charge in [0, 0.05) is 5.69 Å². The summed E-state index contributed by atoms with van der Waals surface area (Å²) in [5.74, 6) is -1.11. The lowest BCUT2D eigenvalue weighted by molar-refractivity contribution is -0.124. The predicted molar refractivity (Wildman–Crippen MR) is 80.2 cm³/mol. The van der Waals surface area contributed by atoms with E-state index in [2.05, 4.69) is 10.0 Å². The highest BCUT2D eigenvalue weighted by atomic mass is 32.2. The van der Waals surface area contributed by atoms with Crippen LogP contribution in [0.1, 0.15) is 13.3 Å². The number of primary sulfonamides is 1. The summed E-state index contributed by atoms with van der Waals surface area (Å²) in [5, 5.41) is 7.29. The summed E-state index contributed by atoms with van der Waals surface area (Å²) in [6.45, 7) is 1.21. The van der Waals surface area contributed by atoms with E-state index in [0.29, 0.717) is 0 Å². The third kappa shape index (κ3) is 5.79. The molecule has 0 bridgehead atoms. The first-order valence-electron chi connectivity index (χ1n) is 5.82. The molecule has 0 aliphatic heterocycles. The van der Waals surface area contributed by atoms with Crippen LogP contribution in [0.5, 0.6) is 0 Å². The molecule has 9 nitrogen and oxygen atoms in total. The van der Waals surface area contributed by atoms with E-state index >= 15 is 0 Å². The number of carbonyl (C=O) groups excluding carboxylic acids is 2. The van der Waals surface area contributed by atoms with E-state index in [1.165, 1.54) is 19.1 Å². The molecule has 0 aromatic heterocycles. The van der Waals surface area contributed by atoms with Crippen LogP contribution in [0, 0.1) is 0 Å². The number of rotatable bonds is 6. The van der Waals surface area contributed by atoms with E-state index in [4.69, 9.17) is 5.14 Å². The van der Waals surface area contributed by atoms with Crippen molar-refractivity contribution in [3.8, 4) is 0 Å². The molecule has 1 aromatic rings. The Hall–Kier alpha value is -1.98. The van der Waals surface area contributed by atoms with Gasteiger partial charge in [0.1, 0.15) is 10.7 Å². The largest absolute Gasteiger partial charge is 0.324 e. The number of hydrogen-bond acceptors (Lipinski definition) is 6. The van der Waals surface area contributed by atoms with Gasteiger partial charge in [0.2, 0.25) is 26.0 Å². The molecular weight excluding hydrogens is 334 g/mol. The second kappa shape index (κ2) is 6.42. The van der Waals surface area contributed by atoms with Crippen molar-refractivity contribution in [2.75, 3.05) is 16.3 Å². The Morgan fingerprint density at radius 1 is 1.18 bits per heavy atom. The number of amides is 1. The van der Waals surface area contributed by atoms with Gasteiger partial charge in [0.25, 0.3) is 0 Å². The molecule has 0 unspecified atom stereocenters. The van der Waals surface area contributed by atoms with Gasteiger partial charge in [-0.2, -0.15) is 0 Å². The molecule has 1 aromatic carbocycles. The number of hydrogen-bond donors (Lipinski definition) is 3. The van der Waals surface area contributed by atoms with E-state index in [-0.39, 0.29) is 11.4 Å². The Balaban J connectivity index is 3.23. The highest BCUT2D eigenvalue weighted by Gasteiger charge is 2.18. The first-order chi connectivity index (χ1) is 9.88. The van der Waals surface area contributed by atoms with Gasteiger partial charge in [0.15, 0.2) is 0 Å². The molecule has 0 fully saturated rings. The summed E-state index contributed by atoms with van der Waals surface area (Å²) >= 11 is 0. The Bertz CT molecular complexity index is 814. The summed E-state index contributed by atoms with van der Waals surface area (Å²) in [7, 11) is -7.83. The van der Waals surface area contributed by atoms with Crippen molar-refractivity contribution < 1.29 is 26.4 Å². The van der Waals surface area contributed by atoms with Crippen LogP contribution in [-0.4, -0.2) is 34.8 Å². The fraction of sp³-hybridized carbons (Fsp3) is 0.273. The van der Waals surface area contributed by atoms with Crippen molar-refractivity contribution >= 4 is 43.1 Å². The molecule has 11 heteroatoms. The minimum Gasteiger partial charge on any atom is -0.324 e. The third-order valence-corrected chi connectivity index (χ3v) is 3.83. The summed E-state index contributed by atoms with van der Waals surface area (Å²) < 4.78 is 47.5. The van der Waals surface area contributed by atoms with E-state index < -0.39 is 43.1 Å². The first-order valence-corrected chi connectivity index (χ1v) is 9.26. The Labute approximate surface area is 128 Å². The SMILES string of the molecule is CC(=O)CC(=O)Nc1ccc(NS(C)(=O)=O)cc1S(N)(=O)=O. The number of sulfonamides is 2. The lowest BCUT2D eigenvalue weighted by Crippen LogP contribution is -2.20. The van der Waals surface area contributed by atoms with Crippen LogP contribution in [-0.2, 0) is 29.6 Å². The van der Waals surface area contributed by atoms with Crippen molar-refractivity contribution in [1.82, 2.24) is 0 Å². The molecule has 0 saturated heterocycles. The van der Waals surface area contributed by atoms with Crippen molar-refractivity contribution in [2.24, 2.45) is 5.14 Å². The molecule has 0 heterocycles. The highest BCUT2D eigenvalue weighted by Crippen LogP contribution is 2.25. The fourth-order valence-corrected chi connectivity index (χ4v) is 2.83. The van der Waals surface area contributed by atoms with Gasteiger partial charge >= 0.3 is 0 Å². The minimum atomic E-state index is -4.22. The number of nitrogens with one attached hydrogen (secondary N) is 2. The van der Waals surface area contributed by atoms with Gasteiger partial charge in [-0.15, -0.1) is 0 Å². The van der Waals surface area contributed by atoms with E-state index in [1.807, 2.05) is 0 Å². The van der Waals surface area contributed by atoms with Crippen LogP contribution >= 0.6 is 0 Å². The third-order valence-electron chi connectivity index (χ3n) is 2.27. The average molecular weight is 349 g/mol. The van der Waals surface area contributed by atoms with Crippen LogP contribution in [0.25, 0.3) is 0 Å². The number of ketones is 1. The quantitative estimate of drug-likeness (QED) is 0.595. The minimum absolute atomic E-state index is 0.0314. The van der Waals surface area contributed by atoms with Crippen molar-refractivity contribution in [3.05, 3.63) is 18.2 Å². The molecule has 1 rings (SSSR count). The highest BCUT2D eigenvalue weighted by molar-refractivity contribution is 7.92. The standard InChI is InChI=1S/C11H15N3O6S2/c1-7(15)5-11(16)13-9-4-3-8(14-21(2,17)18)6-10(9)22(12,19)20/h3-4,6,14H,5H2,1-2H3,(H,13,16)(H2,12,19,20). The maximum Gasteiger partial charge on any atom is 0.240 e. The Morgan fingerprint density at radius 3 is 2.23 bits per heavy atom. The van der Waals surface area contributed by atoms with E-state index in [0.717, 1.165) is 12.3 Å². The molecule has 0 spiro atoms. The number of nitrogens with two attached hydrogens (primary N) is 1. The molecule has 22 heavy (non-hydrogen) atoms. The monoisotopic (exact) mass is 349 g/mol. The molecule has 1 amide bonds. The zero-order valence-electron chi connectivity index (χ0n) is 11.8.